The number of hydrogen-bond acceptors (Lipinski definition) is 1. The van der Waals surface area contributed by atoms with Gasteiger partial charge in [0.05, 0.1) is 0 Å². The Morgan fingerprint density at radius 3 is 2.33 bits per heavy atom. The molecule has 0 atom stereocenters. The van der Waals surface area contributed by atoms with E-state index in [9.17, 15) is 4.79 Å². The van der Waals surface area contributed by atoms with E-state index in [1.807, 2.05) is 19.2 Å². The lowest BCUT2D eigenvalue weighted by atomic mass is 10.0. The van der Waals surface area contributed by atoms with Gasteiger partial charge in [-0.15, -0.1) is 0 Å². The Kier molecular flexibility index (Phi) is 3.41. The van der Waals surface area contributed by atoms with Gasteiger partial charge in [-0.25, -0.2) is 0 Å². The lowest BCUT2D eigenvalue weighted by molar-refractivity contribution is -0.116. The number of allylic oxidation sites excluding steroid dienone is 1. The molecule has 0 bridgehead atoms. The van der Waals surface area contributed by atoms with Crippen molar-refractivity contribution >= 4 is 12.0 Å². The van der Waals surface area contributed by atoms with Gasteiger partial charge in [0.1, 0.15) is 0 Å². The second-order valence-corrected chi connectivity index (χ2v) is 4.69. The fourth-order valence-electron chi connectivity index (χ4n) is 2.38. The third-order valence-corrected chi connectivity index (χ3v) is 3.65. The van der Waals surface area contributed by atoms with Crippen LogP contribution < -0.4 is 5.32 Å². The number of aromatic amines is 1. The molecule has 0 unspecified atom stereocenters. The molecule has 1 aliphatic rings. The molecule has 0 saturated carbocycles. The smallest absolute Gasteiger partial charge is 0.251 e. The van der Waals surface area contributed by atoms with E-state index in [0.29, 0.717) is 0 Å². The van der Waals surface area contributed by atoms with Crippen LogP contribution in [0.2, 0.25) is 0 Å². The molecule has 2 rings (SSSR count). The lowest BCUT2D eigenvalue weighted by Crippen LogP contribution is -2.16. The fourth-order valence-corrected chi connectivity index (χ4v) is 2.38. The number of carbonyl (C=O) groups is 1. The molecule has 0 aromatic carbocycles. The van der Waals surface area contributed by atoms with Crippen molar-refractivity contribution in [2.75, 3.05) is 0 Å². The van der Waals surface area contributed by atoms with Crippen molar-refractivity contribution in [3.8, 4) is 0 Å². The standard InChI is InChI=1S/C15H20N2O/c1-5-11-12(6-2)15(18)17-14(11)7-13-10(4)9(3)8-16-13/h7-8,16H,5-6H2,1-4H3,(H,17,18)/b14-7-. The molecular weight excluding hydrogens is 224 g/mol. The summed E-state index contributed by atoms with van der Waals surface area (Å²) in [6, 6.07) is 0. The van der Waals surface area contributed by atoms with Crippen molar-refractivity contribution in [1.82, 2.24) is 10.3 Å². The predicted octanol–water partition coefficient (Wildman–Crippen LogP) is 3.22. The molecule has 1 aliphatic heterocycles. The molecule has 0 spiro atoms. The first-order valence-corrected chi connectivity index (χ1v) is 6.48. The quantitative estimate of drug-likeness (QED) is 0.842. The van der Waals surface area contributed by atoms with Crippen LogP contribution in [-0.2, 0) is 4.79 Å². The van der Waals surface area contributed by atoms with Gasteiger partial charge in [-0.05, 0) is 49.5 Å². The molecule has 3 heteroatoms. The molecule has 1 aromatic heterocycles. The number of rotatable bonds is 3. The number of nitrogens with one attached hydrogen (secondary N) is 2. The first-order chi connectivity index (χ1) is 8.58. The first kappa shape index (κ1) is 12.7. The molecule has 3 nitrogen and oxygen atoms in total. The third-order valence-electron chi connectivity index (χ3n) is 3.65. The molecule has 2 N–H and O–H groups in total. The Morgan fingerprint density at radius 1 is 1.17 bits per heavy atom. The van der Waals surface area contributed by atoms with Crippen molar-refractivity contribution in [3.05, 3.63) is 39.9 Å². The van der Waals surface area contributed by atoms with Gasteiger partial charge in [-0.1, -0.05) is 13.8 Å². The minimum Gasteiger partial charge on any atom is -0.361 e. The van der Waals surface area contributed by atoms with Crippen molar-refractivity contribution < 1.29 is 4.79 Å². The van der Waals surface area contributed by atoms with Gasteiger partial charge in [0, 0.05) is 23.2 Å². The zero-order chi connectivity index (χ0) is 13.3. The zero-order valence-electron chi connectivity index (χ0n) is 11.5. The van der Waals surface area contributed by atoms with E-state index in [0.717, 1.165) is 35.4 Å². The van der Waals surface area contributed by atoms with E-state index < -0.39 is 0 Å². The van der Waals surface area contributed by atoms with Crippen LogP contribution in [0, 0.1) is 13.8 Å². The van der Waals surface area contributed by atoms with Gasteiger partial charge in [0.25, 0.3) is 5.91 Å². The summed E-state index contributed by atoms with van der Waals surface area (Å²) in [5.41, 5.74) is 6.57. The van der Waals surface area contributed by atoms with E-state index in [1.54, 1.807) is 0 Å². The van der Waals surface area contributed by atoms with Crippen molar-refractivity contribution in [2.24, 2.45) is 0 Å². The van der Waals surface area contributed by atoms with E-state index >= 15 is 0 Å². The van der Waals surface area contributed by atoms with Gasteiger partial charge < -0.3 is 10.3 Å². The second kappa shape index (κ2) is 4.84. The summed E-state index contributed by atoms with van der Waals surface area (Å²) in [7, 11) is 0. The van der Waals surface area contributed by atoms with Crippen LogP contribution in [0.25, 0.3) is 6.08 Å². The van der Waals surface area contributed by atoms with E-state index in [-0.39, 0.29) is 5.91 Å². The fraction of sp³-hybridized carbons (Fsp3) is 0.400. The molecule has 18 heavy (non-hydrogen) atoms. The van der Waals surface area contributed by atoms with Crippen LogP contribution in [-0.4, -0.2) is 10.9 Å². The van der Waals surface area contributed by atoms with Crippen LogP contribution in [0.5, 0.6) is 0 Å². The number of aryl methyl sites for hydroxylation is 1. The zero-order valence-corrected chi connectivity index (χ0v) is 11.5. The maximum Gasteiger partial charge on any atom is 0.251 e. The molecule has 1 aromatic rings. The molecule has 2 heterocycles. The van der Waals surface area contributed by atoms with Crippen molar-refractivity contribution in [3.63, 3.8) is 0 Å². The number of hydrogen-bond donors (Lipinski definition) is 2. The number of H-pyrrole nitrogens is 1. The van der Waals surface area contributed by atoms with Crippen LogP contribution in [0.4, 0.5) is 0 Å². The minimum absolute atomic E-state index is 0.0570. The van der Waals surface area contributed by atoms with Crippen LogP contribution in [0.1, 0.15) is 43.5 Å². The summed E-state index contributed by atoms with van der Waals surface area (Å²) in [6.45, 7) is 8.28. The molecular formula is C15H20N2O. The Balaban J connectivity index is 2.43. The molecule has 0 aliphatic carbocycles. The normalized spacial score (nSPS) is 17.8. The van der Waals surface area contributed by atoms with Gasteiger partial charge in [-0.3, -0.25) is 4.79 Å². The van der Waals surface area contributed by atoms with Gasteiger partial charge in [-0.2, -0.15) is 0 Å². The summed E-state index contributed by atoms with van der Waals surface area (Å²) >= 11 is 0. The third kappa shape index (κ3) is 2.01. The molecule has 1 amide bonds. The summed E-state index contributed by atoms with van der Waals surface area (Å²) in [6.07, 6.45) is 5.71. The Hall–Kier alpha value is -1.77. The van der Waals surface area contributed by atoms with E-state index in [1.165, 1.54) is 11.1 Å². The highest BCUT2D eigenvalue weighted by Gasteiger charge is 2.24. The number of amides is 1. The second-order valence-electron chi connectivity index (χ2n) is 4.69. The maximum absolute atomic E-state index is 11.8. The van der Waals surface area contributed by atoms with Crippen LogP contribution in [0.3, 0.4) is 0 Å². The van der Waals surface area contributed by atoms with Crippen LogP contribution >= 0.6 is 0 Å². The highest BCUT2D eigenvalue weighted by molar-refractivity contribution is 6.01. The predicted molar refractivity (Wildman–Crippen MR) is 74.0 cm³/mol. The highest BCUT2D eigenvalue weighted by atomic mass is 16.1. The average Bonchev–Trinajstić information content (AvgIpc) is 2.83. The molecule has 0 fully saturated rings. The topological polar surface area (TPSA) is 44.9 Å². The Morgan fingerprint density at radius 2 is 1.83 bits per heavy atom. The molecule has 0 radical (unpaired) electrons. The van der Waals surface area contributed by atoms with E-state index in [4.69, 9.17) is 0 Å². The minimum atomic E-state index is 0.0570. The van der Waals surface area contributed by atoms with Crippen molar-refractivity contribution in [2.45, 2.75) is 40.5 Å². The van der Waals surface area contributed by atoms with Gasteiger partial charge >= 0.3 is 0 Å². The number of aromatic nitrogens is 1. The number of carbonyl (C=O) groups excluding carboxylic acids is 1. The van der Waals surface area contributed by atoms with Crippen molar-refractivity contribution in [1.29, 1.82) is 0 Å². The van der Waals surface area contributed by atoms with Crippen LogP contribution in [0.15, 0.2) is 23.0 Å². The summed E-state index contributed by atoms with van der Waals surface area (Å²) in [5.74, 6) is 0.0570. The SMILES string of the molecule is CCC1=C(CC)/C(=C/c2[nH]cc(C)c2C)NC1=O. The Labute approximate surface area is 108 Å². The summed E-state index contributed by atoms with van der Waals surface area (Å²) < 4.78 is 0. The monoisotopic (exact) mass is 244 g/mol. The molecule has 96 valence electrons. The summed E-state index contributed by atoms with van der Waals surface area (Å²) in [4.78, 5) is 15.1. The van der Waals surface area contributed by atoms with E-state index in [2.05, 4.69) is 31.1 Å². The average molecular weight is 244 g/mol. The molecule has 0 saturated heterocycles. The maximum atomic E-state index is 11.8. The lowest BCUT2D eigenvalue weighted by Gasteiger charge is -2.03. The first-order valence-electron chi connectivity index (χ1n) is 6.48. The van der Waals surface area contributed by atoms with Gasteiger partial charge in [0.15, 0.2) is 0 Å². The largest absolute Gasteiger partial charge is 0.361 e. The highest BCUT2D eigenvalue weighted by Crippen LogP contribution is 2.27. The summed E-state index contributed by atoms with van der Waals surface area (Å²) in [5, 5.41) is 2.97. The van der Waals surface area contributed by atoms with Gasteiger partial charge in [0.2, 0.25) is 0 Å². The Bertz CT molecular complexity index is 547.